The van der Waals surface area contributed by atoms with E-state index in [0.717, 1.165) is 22.7 Å². The fourth-order valence-electron chi connectivity index (χ4n) is 3.57. The SMILES string of the molecule is CN1C(=O)C(c2ccnc(C(F)(F)F)c2)(c2cc(C3=COCC3)ccc2F)N=C1N. The first-order chi connectivity index (χ1) is 14.1. The second kappa shape index (κ2) is 6.82. The third-order valence-electron chi connectivity index (χ3n) is 5.15. The van der Waals surface area contributed by atoms with E-state index < -0.39 is 29.1 Å². The molecule has 0 saturated heterocycles. The quantitative estimate of drug-likeness (QED) is 0.774. The number of carbonyl (C=O) groups excluding carboxylic acids is 1. The summed E-state index contributed by atoms with van der Waals surface area (Å²) in [5, 5.41) is 0. The molecule has 1 aromatic heterocycles. The van der Waals surface area contributed by atoms with Crippen molar-refractivity contribution in [1.29, 1.82) is 0 Å². The second-order valence-electron chi connectivity index (χ2n) is 6.93. The molecule has 1 unspecified atom stereocenters. The van der Waals surface area contributed by atoms with E-state index in [1.54, 1.807) is 0 Å². The number of halogens is 4. The first-order valence-electron chi connectivity index (χ1n) is 8.93. The van der Waals surface area contributed by atoms with Gasteiger partial charge in [-0.1, -0.05) is 6.07 Å². The fraction of sp³-hybridized carbons (Fsp3) is 0.250. The van der Waals surface area contributed by atoms with Crippen LogP contribution in [0.4, 0.5) is 17.6 Å². The van der Waals surface area contributed by atoms with Crippen molar-refractivity contribution in [2.75, 3.05) is 13.7 Å². The molecule has 3 heterocycles. The standard InChI is InChI=1S/C20H16F4N4O2/c1-28-17(29)19(27-18(28)25,13-4-6-26-16(9-13)20(22,23)24)14-8-11(2-3-15(14)21)12-5-7-30-10-12/h2-4,6,8-10H,5,7H2,1H3,(H2,25,27). The van der Waals surface area contributed by atoms with Crippen LogP contribution >= 0.6 is 0 Å². The second-order valence-corrected chi connectivity index (χ2v) is 6.93. The van der Waals surface area contributed by atoms with E-state index in [1.807, 2.05) is 0 Å². The summed E-state index contributed by atoms with van der Waals surface area (Å²) in [7, 11) is 1.32. The lowest BCUT2D eigenvalue weighted by Gasteiger charge is -2.27. The topological polar surface area (TPSA) is 80.8 Å². The molecule has 0 radical (unpaired) electrons. The lowest BCUT2D eigenvalue weighted by molar-refractivity contribution is -0.141. The molecule has 1 atom stereocenters. The van der Waals surface area contributed by atoms with Gasteiger partial charge in [-0.05, 0) is 41.0 Å². The summed E-state index contributed by atoms with van der Waals surface area (Å²) in [5.41, 5.74) is 3.44. The molecule has 156 valence electrons. The van der Waals surface area contributed by atoms with Crippen molar-refractivity contribution in [3.63, 3.8) is 0 Å². The molecule has 10 heteroatoms. The van der Waals surface area contributed by atoms with Crippen LogP contribution in [0, 0.1) is 5.82 Å². The number of benzene rings is 1. The number of hydrogen-bond donors (Lipinski definition) is 1. The van der Waals surface area contributed by atoms with Gasteiger partial charge in [0.05, 0.1) is 12.9 Å². The lowest BCUT2D eigenvalue weighted by atomic mass is 9.81. The predicted octanol–water partition coefficient (Wildman–Crippen LogP) is 3.03. The minimum atomic E-state index is -4.76. The molecule has 6 nitrogen and oxygen atoms in total. The summed E-state index contributed by atoms with van der Waals surface area (Å²) >= 11 is 0. The molecule has 2 aliphatic rings. The molecule has 1 amide bonds. The number of nitrogens with two attached hydrogens (primary N) is 1. The highest BCUT2D eigenvalue weighted by Gasteiger charge is 2.52. The van der Waals surface area contributed by atoms with E-state index in [0.29, 0.717) is 24.7 Å². The zero-order valence-corrected chi connectivity index (χ0v) is 15.7. The Labute approximate surface area is 168 Å². The molecule has 0 fully saturated rings. The summed E-state index contributed by atoms with van der Waals surface area (Å²) in [6.45, 7) is 0.458. The maximum absolute atomic E-state index is 15.0. The molecule has 0 aliphatic carbocycles. The van der Waals surface area contributed by atoms with Crippen molar-refractivity contribution in [3.8, 4) is 0 Å². The van der Waals surface area contributed by atoms with Gasteiger partial charge >= 0.3 is 6.18 Å². The molecule has 1 aromatic carbocycles. The van der Waals surface area contributed by atoms with Gasteiger partial charge in [0, 0.05) is 25.2 Å². The molecule has 0 spiro atoms. The minimum absolute atomic E-state index is 0.185. The lowest BCUT2D eigenvalue weighted by Crippen LogP contribution is -2.41. The highest BCUT2D eigenvalue weighted by Crippen LogP contribution is 2.43. The van der Waals surface area contributed by atoms with Gasteiger partial charge in [-0.15, -0.1) is 0 Å². The van der Waals surface area contributed by atoms with Gasteiger partial charge in [0.15, 0.2) is 11.5 Å². The number of aliphatic imine (C=N–C) groups is 1. The van der Waals surface area contributed by atoms with Crippen molar-refractivity contribution in [3.05, 3.63) is 71.0 Å². The fourth-order valence-corrected chi connectivity index (χ4v) is 3.57. The maximum Gasteiger partial charge on any atom is 0.433 e. The summed E-state index contributed by atoms with van der Waals surface area (Å²) in [6, 6.07) is 5.95. The van der Waals surface area contributed by atoms with Crippen LogP contribution < -0.4 is 5.73 Å². The van der Waals surface area contributed by atoms with Gasteiger partial charge < -0.3 is 10.5 Å². The van der Waals surface area contributed by atoms with E-state index >= 15 is 4.39 Å². The number of amides is 1. The number of guanidine groups is 1. The van der Waals surface area contributed by atoms with Gasteiger partial charge in [-0.3, -0.25) is 14.7 Å². The number of ether oxygens (including phenoxy) is 1. The van der Waals surface area contributed by atoms with Gasteiger partial charge in [0.2, 0.25) is 0 Å². The highest BCUT2D eigenvalue weighted by molar-refractivity contribution is 6.09. The van der Waals surface area contributed by atoms with Crippen LogP contribution in [0.1, 0.15) is 28.8 Å². The first kappa shape index (κ1) is 19.9. The molecule has 0 saturated carbocycles. The summed E-state index contributed by atoms with van der Waals surface area (Å²) in [4.78, 5) is 21.7. The van der Waals surface area contributed by atoms with Crippen LogP contribution in [0.2, 0.25) is 0 Å². The number of pyridine rings is 1. The van der Waals surface area contributed by atoms with Crippen molar-refractivity contribution < 1.29 is 27.1 Å². The number of carbonyl (C=O) groups is 1. The molecule has 30 heavy (non-hydrogen) atoms. The molecule has 4 rings (SSSR count). The van der Waals surface area contributed by atoms with Crippen LogP contribution in [0.25, 0.3) is 5.57 Å². The van der Waals surface area contributed by atoms with Crippen LogP contribution in [0.5, 0.6) is 0 Å². The van der Waals surface area contributed by atoms with Crippen molar-refractivity contribution >= 4 is 17.4 Å². The average molecular weight is 420 g/mol. The Hall–Kier alpha value is -3.43. The van der Waals surface area contributed by atoms with E-state index in [-0.39, 0.29) is 17.1 Å². The number of hydrogen-bond acceptors (Lipinski definition) is 5. The third-order valence-corrected chi connectivity index (χ3v) is 5.15. The van der Waals surface area contributed by atoms with E-state index in [9.17, 15) is 18.0 Å². The van der Waals surface area contributed by atoms with Crippen molar-refractivity contribution in [1.82, 2.24) is 9.88 Å². The molecular weight excluding hydrogens is 404 g/mol. The maximum atomic E-state index is 15.0. The largest absolute Gasteiger partial charge is 0.501 e. The van der Waals surface area contributed by atoms with Crippen molar-refractivity contribution in [2.24, 2.45) is 10.7 Å². The number of rotatable bonds is 3. The van der Waals surface area contributed by atoms with E-state index in [2.05, 4.69) is 9.98 Å². The highest BCUT2D eigenvalue weighted by atomic mass is 19.4. The number of likely N-dealkylation sites (N-methyl/N-ethyl adjacent to an activating group) is 1. The Morgan fingerprint density at radius 3 is 2.60 bits per heavy atom. The normalized spacial score (nSPS) is 21.5. The van der Waals surface area contributed by atoms with Gasteiger partial charge in [-0.2, -0.15) is 13.2 Å². The first-order valence-corrected chi connectivity index (χ1v) is 8.93. The third kappa shape index (κ3) is 2.99. The number of nitrogens with zero attached hydrogens (tertiary/aromatic N) is 3. The summed E-state index contributed by atoms with van der Waals surface area (Å²) in [5.74, 6) is -1.81. The predicted molar refractivity (Wildman–Crippen MR) is 99.4 cm³/mol. The zero-order chi connectivity index (χ0) is 21.7. The monoisotopic (exact) mass is 420 g/mol. The molecule has 2 aliphatic heterocycles. The Balaban J connectivity index is 1.98. The van der Waals surface area contributed by atoms with Gasteiger partial charge in [0.25, 0.3) is 5.91 Å². The van der Waals surface area contributed by atoms with Gasteiger partial charge in [0.1, 0.15) is 11.5 Å². The molecular formula is C20H16F4N4O2. The minimum Gasteiger partial charge on any atom is -0.501 e. The number of alkyl halides is 3. The molecule has 2 N–H and O–H groups in total. The Kier molecular flexibility index (Phi) is 4.52. The van der Waals surface area contributed by atoms with Crippen molar-refractivity contribution in [2.45, 2.75) is 18.1 Å². The summed E-state index contributed by atoms with van der Waals surface area (Å²) in [6.07, 6.45) is -1.75. The van der Waals surface area contributed by atoms with E-state index in [4.69, 9.17) is 10.5 Å². The van der Waals surface area contributed by atoms with Crippen LogP contribution in [0.3, 0.4) is 0 Å². The Morgan fingerprint density at radius 1 is 1.23 bits per heavy atom. The van der Waals surface area contributed by atoms with Crippen LogP contribution in [-0.2, 0) is 21.2 Å². The van der Waals surface area contributed by atoms with Gasteiger partial charge in [-0.25, -0.2) is 9.38 Å². The smallest absolute Gasteiger partial charge is 0.433 e. The molecule has 0 bridgehead atoms. The Morgan fingerprint density at radius 2 is 2.00 bits per heavy atom. The summed E-state index contributed by atoms with van der Waals surface area (Å²) < 4.78 is 60.0. The van der Waals surface area contributed by atoms with Crippen LogP contribution in [0.15, 0.2) is 47.8 Å². The molecule has 2 aromatic rings. The van der Waals surface area contributed by atoms with E-state index in [1.165, 1.54) is 31.5 Å². The average Bonchev–Trinajstić information content (AvgIpc) is 3.32. The van der Waals surface area contributed by atoms with Crippen LogP contribution in [-0.4, -0.2) is 35.4 Å². The number of aromatic nitrogens is 1. The Bertz CT molecular complexity index is 1100. The zero-order valence-electron chi connectivity index (χ0n) is 15.7.